The molecule has 5 nitrogen and oxygen atoms in total. The van der Waals surface area contributed by atoms with Crippen LogP contribution in [0.2, 0.25) is 5.02 Å². The molecule has 1 amide bonds. The van der Waals surface area contributed by atoms with Crippen molar-refractivity contribution < 1.29 is 4.79 Å². The molecule has 0 bridgehead atoms. The van der Waals surface area contributed by atoms with Crippen LogP contribution in [-0.2, 0) is 11.3 Å². The maximum atomic E-state index is 11.9. The summed E-state index contributed by atoms with van der Waals surface area (Å²) in [6, 6.07) is 7.69. The SMILES string of the molecule is Cc1nnc(SCC(=O)NCc2ccc(Cl)cc2)n1C(C)C. The van der Waals surface area contributed by atoms with Gasteiger partial charge in [0.1, 0.15) is 5.82 Å². The number of amides is 1. The first kappa shape index (κ1) is 16.8. The lowest BCUT2D eigenvalue weighted by Crippen LogP contribution is -2.24. The zero-order valence-electron chi connectivity index (χ0n) is 12.8. The Kier molecular flexibility index (Phi) is 5.85. The predicted octanol–water partition coefficient (Wildman–Crippen LogP) is 3.23. The van der Waals surface area contributed by atoms with Gasteiger partial charge in [-0.15, -0.1) is 10.2 Å². The van der Waals surface area contributed by atoms with Crippen LogP contribution in [0.4, 0.5) is 0 Å². The summed E-state index contributed by atoms with van der Waals surface area (Å²) < 4.78 is 2.02. The smallest absolute Gasteiger partial charge is 0.230 e. The molecule has 0 aliphatic carbocycles. The van der Waals surface area contributed by atoms with Crippen LogP contribution < -0.4 is 5.32 Å². The van der Waals surface area contributed by atoms with E-state index in [-0.39, 0.29) is 11.9 Å². The van der Waals surface area contributed by atoms with Crippen molar-refractivity contribution in [1.82, 2.24) is 20.1 Å². The van der Waals surface area contributed by atoms with E-state index in [0.717, 1.165) is 16.5 Å². The first-order valence-corrected chi connectivity index (χ1v) is 8.39. The monoisotopic (exact) mass is 338 g/mol. The van der Waals surface area contributed by atoms with E-state index in [1.165, 1.54) is 11.8 Å². The van der Waals surface area contributed by atoms with Crippen LogP contribution in [0.15, 0.2) is 29.4 Å². The number of rotatable bonds is 6. The topological polar surface area (TPSA) is 59.8 Å². The van der Waals surface area contributed by atoms with Crippen molar-refractivity contribution in [3.63, 3.8) is 0 Å². The average Bonchev–Trinajstić information content (AvgIpc) is 2.85. The van der Waals surface area contributed by atoms with E-state index in [9.17, 15) is 4.79 Å². The van der Waals surface area contributed by atoms with E-state index < -0.39 is 0 Å². The highest BCUT2D eigenvalue weighted by Crippen LogP contribution is 2.20. The van der Waals surface area contributed by atoms with Gasteiger partial charge in [0.2, 0.25) is 5.91 Å². The summed E-state index contributed by atoms with van der Waals surface area (Å²) in [4.78, 5) is 11.9. The predicted molar refractivity (Wildman–Crippen MR) is 89.2 cm³/mol. The van der Waals surface area contributed by atoms with Crippen LogP contribution in [0.3, 0.4) is 0 Å². The van der Waals surface area contributed by atoms with Crippen LogP contribution in [0.5, 0.6) is 0 Å². The van der Waals surface area contributed by atoms with E-state index in [4.69, 9.17) is 11.6 Å². The Labute approximate surface area is 139 Å². The minimum atomic E-state index is -0.0316. The third-order valence-electron chi connectivity index (χ3n) is 3.09. The molecule has 1 heterocycles. The van der Waals surface area contributed by atoms with Crippen molar-refractivity contribution in [3.05, 3.63) is 40.7 Å². The average molecular weight is 339 g/mol. The molecule has 118 valence electrons. The summed E-state index contributed by atoms with van der Waals surface area (Å²) in [7, 11) is 0. The van der Waals surface area contributed by atoms with Gasteiger partial charge in [0.25, 0.3) is 0 Å². The fraction of sp³-hybridized carbons (Fsp3) is 0.400. The number of nitrogens with one attached hydrogen (secondary N) is 1. The molecule has 0 saturated heterocycles. The van der Waals surface area contributed by atoms with E-state index >= 15 is 0 Å². The Morgan fingerprint density at radius 3 is 2.64 bits per heavy atom. The van der Waals surface area contributed by atoms with Crippen molar-refractivity contribution in [1.29, 1.82) is 0 Å². The van der Waals surface area contributed by atoms with Crippen molar-refractivity contribution in [2.45, 2.75) is 38.5 Å². The number of thioether (sulfide) groups is 1. The second kappa shape index (κ2) is 7.65. The van der Waals surface area contributed by atoms with Crippen molar-refractivity contribution in [2.24, 2.45) is 0 Å². The Bertz CT molecular complexity index is 639. The number of hydrogen-bond donors (Lipinski definition) is 1. The molecule has 1 aromatic carbocycles. The quantitative estimate of drug-likeness (QED) is 0.821. The van der Waals surface area contributed by atoms with E-state index in [2.05, 4.69) is 29.4 Å². The molecule has 22 heavy (non-hydrogen) atoms. The van der Waals surface area contributed by atoms with Crippen molar-refractivity contribution in [3.8, 4) is 0 Å². The highest BCUT2D eigenvalue weighted by molar-refractivity contribution is 7.99. The number of aryl methyl sites for hydroxylation is 1. The molecule has 0 fully saturated rings. The second-order valence-electron chi connectivity index (χ2n) is 5.19. The fourth-order valence-corrected chi connectivity index (χ4v) is 3.10. The molecule has 0 atom stereocenters. The number of aromatic nitrogens is 3. The molecular weight excluding hydrogens is 320 g/mol. The number of halogens is 1. The molecule has 0 saturated carbocycles. The first-order valence-electron chi connectivity index (χ1n) is 7.03. The fourth-order valence-electron chi connectivity index (χ4n) is 2.03. The van der Waals surface area contributed by atoms with E-state index in [0.29, 0.717) is 17.3 Å². The van der Waals surface area contributed by atoms with Gasteiger partial charge >= 0.3 is 0 Å². The minimum absolute atomic E-state index is 0.0316. The zero-order valence-corrected chi connectivity index (χ0v) is 14.4. The maximum Gasteiger partial charge on any atom is 0.230 e. The lowest BCUT2D eigenvalue weighted by atomic mass is 10.2. The number of carbonyl (C=O) groups is 1. The van der Waals surface area contributed by atoms with Gasteiger partial charge in [0, 0.05) is 17.6 Å². The summed E-state index contributed by atoms with van der Waals surface area (Å²) >= 11 is 7.23. The molecular formula is C15H19ClN4OS. The number of hydrogen-bond acceptors (Lipinski definition) is 4. The van der Waals surface area contributed by atoms with Crippen LogP contribution in [0, 0.1) is 6.92 Å². The minimum Gasteiger partial charge on any atom is -0.351 e. The van der Waals surface area contributed by atoms with Gasteiger partial charge in [0.05, 0.1) is 5.75 Å². The van der Waals surface area contributed by atoms with Gasteiger partial charge in [-0.1, -0.05) is 35.5 Å². The van der Waals surface area contributed by atoms with Crippen molar-refractivity contribution >= 4 is 29.3 Å². The molecule has 0 aliphatic rings. The Morgan fingerprint density at radius 1 is 1.32 bits per heavy atom. The van der Waals surface area contributed by atoms with Gasteiger partial charge < -0.3 is 9.88 Å². The molecule has 2 rings (SSSR count). The van der Waals surface area contributed by atoms with Crippen LogP contribution in [-0.4, -0.2) is 26.4 Å². The van der Waals surface area contributed by atoms with Crippen LogP contribution in [0.1, 0.15) is 31.3 Å². The van der Waals surface area contributed by atoms with Gasteiger partial charge in [-0.2, -0.15) is 0 Å². The molecule has 1 N–H and O–H groups in total. The lowest BCUT2D eigenvalue weighted by Gasteiger charge is -2.11. The van der Waals surface area contributed by atoms with Gasteiger partial charge in [-0.3, -0.25) is 4.79 Å². The highest BCUT2D eigenvalue weighted by atomic mass is 35.5. The molecule has 0 unspecified atom stereocenters. The molecule has 1 aromatic heterocycles. The van der Waals surface area contributed by atoms with Gasteiger partial charge in [-0.25, -0.2) is 0 Å². The Balaban J connectivity index is 1.84. The van der Waals surface area contributed by atoms with E-state index in [1.54, 1.807) is 0 Å². The lowest BCUT2D eigenvalue weighted by molar-refractivity contribution is -0.118. The molecule has 7 heteroatoms. The largest absolute Gasteiger partial charge is 0.351 e. The summed E-state index contributed by atoms with van der Waals surface area (Å²) in [5.74, 6) is 1.15. The molecule has 0 spiro atoms. The second-order valence-corrected chi connectivity index (χ2v) is 6.56. The summed E-state index contributed by atoms with van der Waals surface area (Å²) in [6.45, 7) is 6.55. The maximum absolute atomic E-state index is 11.9. The van der Waals surface area contributed by atoms with Crippen LogP contribution >= 0.6 is 23.4 Å². The first-order chi connectivity index (χ1) is 10.5. The Hall–Kier alpha value is -1.53. The molecule has 2 aromatic rings. The molecule has 0 radical (unpaired) electrons. The third kappa shape index (κ3) is 4.48. The summed E-state index contributed by atoms with van der Waals surface area (Å²) in [5.41, 5.74) is 1.02. The van der Waals surface area contributed by atoms with E-state index in [1.807, 2.05) is 35.8 Å². The zero-order chi connectivity index (χ0) is 16.1. The van der Waals surface area contributed by atoms with Crippen molar-refractivity contribution in [2.75, 3.05) is 5.75 Å². The van der Waals surface area contributed by atoms with Crippen LogP contribution in [0.25, 0.3) is 0 Å². The normalized spacial score (nSPS) is 11.0. The molecule has 0 aliphatic heterocycles. The number of nitrogens with zero attached hydrogens (tertiary/aromatic N) is 3. The Morgan fingerprint density at radius 2 is 2.00 bits per heavy atom. The number of benzene rings is 1. The summed E-state index contributed by atoms with van der Waals surface area (Å²) in [6.07, 6.45) is 0. The van der Waals surface area contributed by atoms with Gasteiger partial charge in [-0.05, 0) is 38.5 Å². The standard InChI is InChI=1S/C15H19ClN4OS/c1-10(2)20-11(3)18-19-15(20)22-9-14(21)17-8-12-4-6-13(16)7-5-12/h4-7,10H,8-9H2,1-3H3,(H,17,21). The van der Waals surface area contributed by atoms with Gasteiger partial charge in [0.15, 0.2) is 5.16 Å². The number of carbonyl (C=O) groups excluding carboxylic acids is 1. The third-order valence-corrected chi connectivity index (χ3v) is 4.28. The highest BCUT2D eigenvalue weighted by Gasteiger charge is 2.13. The summed E-state index contributed by atoms with van der Waals surface area (Å²) in [5, 5.41) is 12.5.